The smallest absolute Gasteiger partial charge is 0.409 e. The highest BCUT2D eigenvalue weighted by atomic mass is 16.6. The first-order valence-corrected chi connectivity index (χ1v) is 3.97. The van der Waals surface area contributed by atoms with Crippen molar-refractivity contribution in [1.29, 1.82) is 5.26 Å². The van der Waals surface area contributed by atoms with Gasteiger partial charge in [-0.25, -0.2) is 4.79 Å². The van der Waals surface area contributed by atoms with Gasteiger partial charge in [-0.15, -0.1) is 0 Å². The molecule has 1 amide bonds. The Morgan fingerprint density at radius 3 is 2.83 bits per heavy atom. The molecule has 0 atom stereocenters. The molecule has 68 valence electrons. The summed E-state index contributed by atoms with van der Waals surface area (Å²) in [5.41, 5.74) is 0. The molecule has 4 nitrogen and oxygen atoms in total. The lowest BCUT2D eigenvalue weighted by atomic mass is 10.4. The number of nitriles is 1. The summed E-state index contributed by atoms with van der Waals surface area (Å²) in [6.07, 6.45) is 0.808. The summed E-state index contributed by atoms with van der Waals surface area (Å²) in [4.78, 5) is 12.4. The highest BCUT2D eigenvalue weighted by Crippen LogP contribution is 1.92. The van der Waals surface area contributed by atoms with Crippen molar-refractivity contribution in [3.05, 3.63) is 0 Å². The summed E-state index contributed by atoms with van der Waals surface area (Å²) >= 11 is 0. The van der Waals surface area contributed by atoms with Crippen LogP contribution in [0.5, 0.6) is 0 Å². The zero-order chi connectivity index (χ0) is 9.40. The van der Waals surface area contributed by atoms with Crippen molar-refractivity contribution in [1.82, 2.24) is 4.90 Å². The Morgan fingerprint density at radius 2 is 2.33 bits per heavy atom. The Balaban J connectivity index is 3.55. The fraction of sp³-hybridized carbons (Fsp3) is 0.750. The van der Waals surface area contributed by atoms with Crippen LogP contribution in [0.2, 0.25) is 0 Å². The van der Waals surface area contributed by atoms with E-state index in [1.165, 1.54) is 4.90 Å². The van der Waals surface area contributed by atoms with Gasteiger partial charge in [0.15, 0.2) is 0 Å². The average molecular weight is 170 g/mol. The van der Waals surface area contributed by atoms with E-state index < -0.39 is 0 Å². The topological polar surface area (TPSA) is 53.3 Å². The summed E-state index contributed by atoms with van der Waals surface area (Å²) in [6, 6.07) is 1.96. The highest BCUT2D eigenvalue weighted by molar-refractivity contribution is 5.67. The molecule has 0 aliphatic rings. The van der Waals surface area contributed by atoms with Crippen LogP contribution in [0.25, 0.3) is 0 Å². The van der Waals surface area contributed by atoms with Gasteiger partial charge in [-0.05, 0) is 6.42 Å². The minimum absolute atomic E-state index is 0.345. The molecule has 0 radical (unpaired) electrons. The van der Waals surface area contributed by atoms with E-state index in [1.807, 2.05) is 13.0 Å². The molecule has 0 unspecified atom stereocenters. The van der Waals surface area contributed by atoms with Gasteiger partial charge in [0.2, 0.25) is 0 Å². The lowest BCUT2D eigenvalue weighted by molar-refractivity contribution is 0.112. The van der Waals surface area contributed by atoms with Gasteiger partial charge < -0.3 is 9.64 Å². The van der Waals surface area contributed by atoms with Crippen molar-refractivity contribution in [3.63, 3.8) is 0 Å². The fourth-order valence-electron chi connectivity index (χ4n) is 0.609. The second kappa shape index (κ2) is 6.47. The Morgan fingerprint density at radius 1 is 1.67 bits per heavy atom. The van der Waals surface area contributed by atoms with Crippen molar-refractivity contribution in [3.8, 4) is 6.07 Å². The van der Waals surface area contributed by atoms with Crippen LogP contribution in [0.3, 0.4) is 0 Å². The lowest BCUT2D eigenvalue weighted by Crippen LogP contribution is -2.28. The largest absolute Gasteiger partial charge is 0.449 e. The Hall–Kier alpha value is -1.24. The van der Waals surface area contributed by atoms with E-state index in [0.717, 1.165) is 6.42 Å². The monoisotopic (exact) mass is 170 g/mol. The molecule has 0 spiro atoms. The maximum atomic E-state index is 11.0. The van der Waals surface area contributed by atoms with E-state index in [-0.39, 0.29) is 6.09 Å². The molecule has 12 heavy (non-hydrogen) atoms. The molecule has 0 N–H and O–H groups in total. The lowest BCUT2D eigenvalue weighted by Gasteiger charge is -2.14. The molecular formula is C8H14N2O2. The van der Waals surface area contributed by atoms with Crippen LogP contribution in [0.1, 0.15) is 19.8 Å². The van der Waals surface area contributed by atoms with E-state index in [0.29, 0.717) is 19.6 Å². The molecule has 0 aliphatic heterocycles. The van der Waals surface area contributed by atoms with Crippen molar-refractivity contribution in [2.45, 2.75) is 19.8 Å². The molecule has 0 aromatic carbocycles. The predicted molar refractivity (Wildman–Crippen MR) is 44.5 cm³/mol. The zero-order valence-corrected chi connectivity index (χ0v) is 7.54. The second-order valence-electron chi connectivity index (χ2n) is 2.44. The van der Waals surface area contributed by atoms with Crippen LogP contribution in [0, 0.1) is 11.3 Å². The maximum Gasteiger partial charge on any atom is 0.409 e. The number of carbonyl (C=O) groups is 1. The van der Waals surface area contributed by atoms with Crippen LogP contribution in [0.4, 0.5) is 4.79 Å². The number of nitrogens with zero attached hydrogens (tertiary/aromatic N) is 2. The SMILES string of the molecule is CCCOC(=O)N(C)CCC#N. The van der Waals surface area contributed by atoms with Gasteiger partial charge >= 0.3 is 6.09 Å². The second-order valence-corrected chi connectivity index (χ2v) is 2.44. The van der Waals surface area contributed by atoms with E-state index in [1.54, 1.807) is 7.05 Å². The standard InChI is InChI=1S/C8H14N2O2/c1-3-7-12-8(11)10(2)6-4-5-9/h3-4,6-7H2,1-2H3. The number of hydrogen-bond donors (Lipinski definition) is 0. The summed E-state index contributed by atoms with van der Waals surface area (Å²) in [7, 11) is 1.62. The minimum atomic E-state index is -0.355. The molecule has 0 aromatic rings. The van der Waals surface area contributed by atoms with E-state index in [2.05, 4.69) is 0 Å². The molecule has 0 fully saturated rings. The van der Waals surface area contributed by atoms with Crippen molar-refractivity contribution >= 4 is 6.09 Å². The van der Waals surface area contributed by atoms with Gasteiger partial charge in [0, 0.05) is 13.6 Å². The van der Waals surface area contributed by atoms with Gasteiger partial charge in [-0.3, -0.25) is 0 Å². The molecule has 4 heteroatoms. The van der Waals surface area contributed by atoms with Gasteiger partial charge in [0.1, 0.15) is 0 Å². The zero-order valence-electron chi connectivity index (χ0n) is 7.54. The fourth-order valence-corrected chi connectivity index (χ4v) is 0.609. The molecule has 0 saturated heterocycles. The number of rotatable bonds is 4. The van der Waals surface area contributed by atoms with Crippen LogP contribution in [0.15, 0.2) is 0 Å². The van der Waals surface area contributed by atoms with Crippen molar-refractivity contribution < 1.29 is 9.53 Å². The van der Waals surface area contributed by atoms with Gasteiger partial charge in [0.05, 0.1) is 19.1 Å². The molecular weight excluding hydrogens is 156 g/mol. The molecule has 0 heterocycles. The van der Waals surface area contributed by atoms with Crippen molar-refractivity contribution in [2.24, 2.45) is 0 Å². The minimum Gasteiger partial charge on any atom is -0.449 e. The summed E-state index contributed by atoms with van der Waals surface area (Å²) in [5.74, 6) is 0. The van der Waals surface area contributed by atoms with E-state index in [9.17, 15) is 4.79 Å². The third kappa shape index (κ3) is 4.56. The first kappa shape index (κ1) is 10.8. The Labute approximate surface area is 72.7 Å². The maximum absolute atomic E-state index is 11.0. The van der Waals surface area contributed by atoms with E-state index >= 15 is 0 Å². The third-order valence-corrected chi connectivity index (χ3v) is 1.30. The Bertz CT molecular complexity index is 174. The number of amides is 1. The molecule has 0 saturated carbocycles. The van der Waals surface area contributed by atoms with Crippen LogP contribution in [-0.2, 0) is 4.74 Å². The van der Waals surface area contributed by atoms with Crippen LogP contribution in [-0.4, -0.2) is 31.2 Å². The van der Waals surface area contributed by atoms with E-state index in [4.69, 9.17) is 10.00 Å². The van der Waals surface area contributed by atoms with Gasteiger partial charge in [0.25, 0.3) is 0 Å². The highest BCUT2D eigenvalue weighted by Gasteiger charge is 2.07. The van der Waals surface area contributed by atoms with Crippen LogP contribution < -0.4 is 0 Å². The number of carbonyl (C=O) groups excluding carboxylic acids is 1. The summed E-state index contributed by atoms with van der Waals surface area (Å²) in [5, 5.41) is 8.24. The normalized spacial score (nSPS) is 8.75. The van der Waals surface area contributed by atoms with Crippen LogP contribution >= 0.6 is 0 Å². The van der Waals surface area contributed by atoms with Crippen molar-refractivity contribution in [2.75, 3.05) is 20.2 Å². The number of ether oxygens (including phenoxy) is 1. The number of hydrogen-bond acceptors (Lipinski definition) is 3. The van der Waals surface area contributed by atoms with Gasteiger partial charge in [-0.1, -0.05) is 6.92 Å². The first-order valence-electron chi connectivity index (χ1n) is 3.97. The molecule has 0 bridgehead atoms. The molecule has 0 rings (SSSR count). The van der Waals surface area contributed by atoms with Gasteiger partial charge in [-0.2, -0.15) is 5.26 Å². The molecule has 0 aliphatic carbocycles. The summed E-state index contributed by atoms with van der Waals surface area (Å²) in [6.45, 7) is 2.80. The Kier molecular flexibility index (Phi) is 5.80. The average Bonchev–Trinajstić information content (AvgIpc) is 2.10. The molecule has 0 aromatic heterocycles. The first-order chi connectivity index (χ1) is 5.72. The third-order valence-electron chi connectivity index (χ3n) is 1.30. The summed E-state index contributed by atoms with van der Waals surface area (Å²) < 4.78 is 4.83. The predicted octanol–water partition coefficient (Wildman–Crippen LogP) is 1.38. The quantitative estimate of drug-likeness (QED) is 0.640.